The molecule has 476 valence electrons. The number of esters is 3. The van der Waals surface area contributed by atoms with E-state index in [4.69, 9.17) is 14.2 Å². The molecule has 0 aromatic carbocycles. The van der Waals surface area contributed by atoms with Crippen LogP contribution in [0.15, 0.2) is 109 Å². The minimum Gasteiger partial charge on any atom is -0.462 e. The number of rotatable bonds is 64. The molecule has 0 aliphatic rings. The van der Waals surface area contributed by atoms with Gasteiger partial charge in [0.1, 0.15) is 13.2 Å². The van der Waals surface area contributed by atoms with E-state index in [-0.39, 0.29) is 31.1 Å². The average molecular weight is 1150 g/mol. The van der Waals surface area contributed by atoms with Gasteiger partial charge in [0.2, 0.25) is 0 Å². The summed E-state index contributed by atoms with van der Waals surface area (Å²) in [6.07, 6.45) is 96.7. The molecule has 0 radical (unpaired) electrons. The fourth-order valence-electron chi connectivity index (χ4n) is 9.99. The number of hydrogen-bond donors (Lipinski definition) is 0. The Hall–Kier alpha value is -3.93. The molecule has 0 saturated heterocycles. The van der Waals surface area contributed by atoms with Crippen LogP contribution >= 0.6 is 0 Å². The first-order valence-electron chi connectivity index (χ1n) is 35.4. The number of ether oxygens (including phenoxy) is 3. The minimum atomic E-state index is -0.793. The highest BCUT2D eigenvalue weighted by Gasteiger charge is 2.19. The van der Waals surface area contributed by atoms with Gasteiger partial charge in [-0.05, 0) is 109 Å². The normalized spacial score (nSPS) is 12.8. The SMILES string of the molecule is CC/C=C\C/C=C\C/C=C\C/C=C\C/C=C\C/C=C\C/C=C\C/C=C\CCCCCCC(=O)OCC(COC(=O)CCCCCCCCCCCCCCCCCCCC)OC(=O)CCCCCCCCC/C=C\CCCCCCCCC. The molecule has 6 nitrogen and oxygen atoms in total. The molecule has 0 bridgehead atoms. The zero-order valence-corrected chi connectivity index (χ0v) is 54.7. The van der Waals surface area contributed by atoms with Crippen LogP contribution in [0.1, 0.15) is 342 Å². The Morgan fingerprint density at radius 1 is 0.253 bits per heavy atom. The summed E-state index contributed by atoms with van der Waals surface area (Å²) in [6.45, 7) is 6.55. The van der Waals surface area contributed by atoms with Gasteiger partial charge in [0, 0.05) is 19.3 Å². The van der Waals surface area contributed by atoms with Gasteiger partial charge in [-0.15, -0.1) is 0 Å². The van der Waals surface area contributed by atoms with E-state index in [0.29, 0.717) is 19.3 Å². The van der Waals surface area contributed by atoms with Crippen LogP contribution < -0.4 is 0 Å². The molecule has 1 unspecified atom stereocenters. The van der Waals surface area contributed by atoms with Crippen molar-refractivity contribution in [1.82, 2.24) is 0 Å². The van der Waals surface area contributed by atoms with E-state index in [1.165, 1.54) is 180 Å². The summed E-state index contributed by atoms with van der Waals surface area (Å²) < 4.78 is 17.0. The first-order chi connectivity index (χ1) is 41.0. The predicted octanol–water partition coefficient (Wildman–Crippen LogP) is 24.6. The van der Waals surface area contributed by atoms with Crippen LogP contribution in [0.4, 0.5) is 0 Å². The Balaban J connectivity index is 4.40. The number of unbranched alkanes of at least 4 members (excludes halogenated alkanes) is 35. The van der Waals surface area contributed by atoms with Gasteiger partial charge in [-0.25, -0.2) is 0 Å². The van der Waals surface area contributed by atoms with E-state index < -0.39 is 6.10 Å². The van der Waals surface area contributed by atoms with Gasteiger partial charge < -0.3 is 14.2 Å². The second kappa shape index (κ2) is 70.6. The zero-order valence-electron chi connectivity index (χ0n) is 54.7. The van der Waals surface area contributed by atoms with Crippen molar-refractivity contribution >= 4 is 17.9 Å². The van der Waals surface area contributed by atoms with Crippen molar-refractivity contribution in [3.63, 3.8) is 0 Å². The first-order valence-corrected chi connectivity index (χ1v) is 35.4. The lowest BCUT2D eigenvalue weighted by Crippen LogP contribution is -2.30. The zero-order chi connectivity index (χ0) is 59.9. The molecule has 0 amide bonds. The van der Waals surface area contributed by atoms with Crippen molar-refractivity contribution in [2.45, 2.75) is 348 Å². The third-order valence-electron chi connectivity index (χ3n) is 15.3. The smallest absolute Gasteiger partial charge is 0.306 e. The van der Waals surface area contributed by atoms with Gasteiger partial charge in [0.15, 0.2) is 6.10 Å². The van der Waals surface area contributed by atoms with Crippen LogP contribution in [-0.2, 0) is 28.6 Å². The number of allylic oxidation sites excluding steroid dienone is 18. The third kappa shape index (κ3) is 68.7. The molecule has 0 N–H and O–H groups in total. The van der Waals surface area contributed by atoms with Crippen molar-refractivity contribution in [2.24, 2.45) is 0 Å². The van der Waals surface area contributed by atoms with Gasteiger partial charge in [0.25, 0.3) is 0 Å². The molecule has 6 heteroatoms. The Morgan fingerprint density at radius 2 is 0.470 bits per heavy atom. The van der Waals surface area contributed by atoms with Gasteiger partial charge in [0.05, 0.1) is 0 Å². The summed E-state index contributed by atoms with van der Waals surface area (Å²) in [6, 6.07) is 0. The van der Waals surface area contributed by atoms with Crippen molar-refractivity contribution in [2.75, 3.05) is 13.2 Å². The standard InChI is InChI=1S/C77H132O6/c1-4-7-10-13-16-19-22-25-28-31-34-35-36-37-38-39-40-41-42-43-44-47-49-52-55-58-61-64-67-70-76(79)82-73-74(83-77(80)71-68-65-62-59-56-53-50-46-33-30-27-24-21-18-15-12-9-6-3)72-81-75(78)69-66-63-60-57-54-51-48-45-32-29-26-23-20-17-14-11-8-5-2/h7,10,16,19,25,28,30,33-35,37-38,40-41,43-44,49,52,74H,4-6,8-9,11-15,17-18,20-24,26-27,29,31-32,36,39,42,45-48,50-51,53-73H2,1-3H3/b10-7-,19-16-,28-25-,33-30-,35-34-,38-37-,41-40-,44-43-,52-49-. The highest BCUT2D eigenvalue weighted by molar-refractivity contribution is 5.71. The Kier molecular flexibility index (Phi) is 67.2. The maximum atomic E-state index is 13.0. The van der Waals surface area contributed by atoms with E-state index in [1.54, 1.807) is 0 Å². The molecule has 0 spiro atoms. The van der Waals surface area contributed by atoms with Crippen molar-refractivity contribution in [1.29, 1.82) is 0 Å². The summed E-state index contributed by atoms with van der Waals surface area (Å²) in [5.41, 5.74) is 0. The predicted molar refractivity (Wildman–Crippen MR) is 362 cm³/mol. The molecule has 0 rings (SSSR count). The highest BCUT2D eigenvalue weighted by atomic mass is 16.6. The van der Waals surface area contributed by atoms with E-state index >= 15 is 0 Å². The Morgan fingerprint density at radius 3 is 0.747 bits per heavy atom. The first kappa shape index (κ1) is 79.1. The van der Waals surface area contributed by atoms with Gasteiger partial charge in [-0.2, -0.15) is 0 Å². The van der Waals surface area contributed by atoms with E-state index in [0.717, 1.165) is 122 Å². The molecule has 0 saturated carbocycles. The minimum absolute atomic E-state index is 0.0853. The molecular formula is C77H132O6. The lowest BCUT2D eigenvalue weighted by Gasteiger charge is -2.18. The van der Waals surface area contributed by atoms with Crippen LogP contribution in [0, 0.1) is 0 Å². The van der Waals surface area contributed by atoms with Crippen molar-refractivity contribution in [3.05, 3.63) is 109 Å². The molecule has 0 aliphatic carbocycles. The van der Waals surface area contributed by atoms with Gasteiger partial charge in [-0.1, -0.05) is 323 Å². The Bertz CT molecular complexity index is 1660. The fraction of sp³-hybridized carbons (Fsp3) is 0.727. The molecule has 0 aromatic heterocycles. The van der Waals surface area contributed by atoms with Crippen LogP contribution in [0.25, 0.3) is 0 Å². The summed E-state index contributed by atoms with van der Waals surface area (Å²) in [5.74, 6) is -0.900. The highest BCUT2D eigenvalue weighted by Crippen LogP contribution is 2.17. The summed E-state index contributed by atoms with van der Waals surface area (Å²) in [5, 5.41) is 0. The van der Waals surface area contributed by atoms with Crippen molar-refractivity contribution < 1.29 is 28.6 Å². The topological polar surface area (TPSA) is 78.9 Å². The van der Waals surface area contributed by atoms with E-state index in [1.807, 2.05) is 0 Å². The van der Waals surface area contributed by atoms with E-state index in [9.17, 15) is 14.4 Å². The van der Waals surface area contributed by atoms with Gasteiger partial charge >= 0.3 is 17.9 Å². The van der Waals surface area contributed by atoms with Crippen molar-refractivity contribution in [3.8, 4) is 0 Å². The lowest BCUT2D eigenvalue weighted by atomic mass is 10.0. The quantitative estimate of drug-likeness (QED) is 0.0261. The summed E-state index contributed by atoms with van der Waals surface area (Å²) >= 11 is 0. The van der Waals surface area contributed by atoms with Crippen LogP contribution in [-0.4, -0.2) is 37.2 Å². The molecule has 0 aliphatic heterocycles. The summed E-state index contributed by atoms with van der Waals surface area (Å²) in [7, 11) is 0. The number of carbonyl (C=O) groups excluding carboxylic acids is 3. The third-order valence-corrected chi connectivity index (χ3v) is 15.3. The lowest BCUT2D eigenvalue weighted by molar-refractivity contribution is -0.167. The maximum absolute atomic E-state index is 13.0. The van der Waals surface area contributed by atoms with Gasteiger partial charge in [-0.3, -0.25) is 14.4 Å². The maximum Gasteiger partial charge on any atom is 0.306 e. The van der Waals surface area contributed by atoms with Crippen LogP contribution in [0.3, 0.4) is 0 Å². The number of carbonyl (C=O) groups is 3. The molecular weight excluding hydrogens is 1020 g/mol. The largest absolute Gasteiger partial charge is 0.462 e. The Labute approximate surface area is 514 Å². The molecule has 0 aromatic rings. The summed E-state index contributed by atoms with van der Waals surface area (Å²) in [4.78, 5) is 38.5. The van der Waals surface area contributed by atoms with Crippen LogP contribution in [0.5, 0.6) is 0 Å². The molecule has 0 heterocycles. The van der Waals surface area contributed by atoms with Crippen LogP contribution in [0.2, 0.25) is 0 Å². The molecule has 1 atom stereocenters. The molecule has 0 fully saturated rings. The average Bonchev–Trinajstić information content (AvgIpc) is 3.49. The second-order valence-corrected chi connectivity index (χ2v) is 23.4. The van der Waals surface area contributed by atoms with E-state index in [2.05, 4.69) is 130 Å². The fourth-order valence-corrected chi connectivity index (χ4v) is 9.99. The monoisotopic (exact) mass is 1150 g/mol. The number of hydrogen-bond acceptors (Lipinski definition) is 6. The second-order valence-electron chi connectivity index (χ2n) is 23.4. The molecule has 83 heavy (non-hydrogen) atoms.